The summed E-state index contributed by atoms with van der Waals surface area (Å²) in [5, 5.41) is 19.5. The topological polar surface area (TPSA) is 117 Å². The minimum absolute atomic E-state index is 0.101. The highest BCUT2D eigenvalue weighted by Gasteiger charge is 2.38. The van der Waals surface area contributed by atoms with Crippen LogP contribution in [0.3, 0.4) is 0 Å². The molecule has 2 N–H and O–H groups in total. The molecule has 2 unspecified atom stereocenters. The number of hydrogen-bond donors (Lipinski definition) is 2. The van der Waals surface area contributed by atoms with Gasteiger partial charge < -0.3 is 15.0 Å². The van der Waals surface area contributed by atoms with Gasteiger partial charge in [-0.05, 0) is 13.3 Å². The van der Waals surface area contributed by atoms with Crippen LogP contribution < -0.4 is 0 Å². The zero-order valence-corrected chi connectivity index (χ0v) is 10.2. The number of carboxylic acid groups (broad SMARTS) is 1. The maximum absolute atomic E-state index is 12.1. The SMILES string of the molecule is CC1C(C(=O)O)CCN1C(=O)c1cc([N+](=O)[O-])c[nH]1. The second kappa shape index (κ2) is 4.71. The fourth-order valence-corrected chi connectivity index (χ4v) is 2.32. The van der Waals surface area contributed by atoms with Crippen LogP contribution in [-0.2, 0) is 4.79 Å². The number of likely N-dealkylation sites (tertiary alicyclic amines) is 1. The number of nitro groups is 1. The number of rotatable bonds is 3. The summed E-state index contributed by atoms with van der Waals surface area (Å²) >= 11 is 0. The molecule has 0 spiro atoms. The van der Waals surface area contributed by atoms with Crippen molar-refractivity contribution in [2.75, 3.05) is 6.54 Å². The molecule has 8 heteroatoms. The van der Waals surface area contributed by atoms with Crippen molar-refractivity contribution in [3.63, 3.8) is 0 Å². The molecule has 0 radical (unpaired) electrons. The number of aromatic nitrogens is 1. The lowest BCUT2D eigenvalue weighted by Gasteiger charge is -2.22. The summed E-state index contributed by atoms with van der Waals surface area (Å²) in [6.07, 6.45) is 1.54. The number of hydrogen-bond acceptors (Lipinski definition) is 4. The van der Waals surface area contributed by atoms with E-state index in [0.717, 1.165) is 12.3 Å². The summed E-state index contributed by atoms with van der Waals surface area (Å²) in [6, 6.07) is 0.732. The Hall–Kier alpha value is -2.38. The Kier molecular flexibility index (Phi) is 3.24. The molecule has 1 saturated heterocycles. The Bertz CT molecular complexity index is 538. The first-order chi connectivity index (χ1) is 8.91. The van der Waals surface area contributed by atoms with Crippen molar-refractivity contribution >= 4 is 17.6 Å². The number of carbonyl (C=O) groups is 2. The minimum Gasteiger partial charge on any atom is -0.481 e. The molecule has 2 heterocycles. The lowest BCUT2D eigenvalue weighted by Crippen LogP contribution is -2.37. The molecule has 1 aromatic heterocycles. The Morgan fingerprint density at radius 3 is 2.74 bits per heavy atom. The number of nitrogens with zero attached hydrogens (tertiary/aromatic N) is 2. The molecule has 1 fully saturated rings. The average Bonchev–Trinajstić information content (AvgIpc) is 2.94. The van der Waals surface area contributed by atoms with E-state index in [9.17, 15) is 19.7 Å². The fourth-order valence-electron chi connectivity index (χ4n) is 2.32. The highest BCUT2D eigenvalue weighted by atomic mass is 16.6. The molecule has 0 saturated carbocycles. The number of carboxylic acids is 1. The molecule has 1 aromatic rings. The van der Waals surface area contributed by atoms with E-state index in [4.69, 9.17) is 5.11 Å². The van der Waals surface area contributed by atoms with E-state index in [2.05, 4.69) is 4.98 Å². The van der Waals surface area contributed by atoms with E-state index in [1.165, 1.54) is 4.90 Å². The second-order valence-corrected chi connectivity index (χ2v) is 4.50. The van der Waals surface area contributed by atoms with Crippen LogP contribution in [0.5, 0.6) is 0 Å². The van der Waals surface area contributed by atoms with Gasteiger partial charge in [0.2, 0.25) is 0 Å². The zero-order valence-electron chi connectivity index (χ0n) is 10.2. The van der Waals surface area contributed by atoms with Gasteiger partial charge in [-0.2, -0.15) is 0 Å². The van der Waals surface area contributed by atoms with Crippen LogP contribution in [0.15, 0.2) is 12.3 Å². The van der Waals surface area contributed by atoms with Gasteiger partial charge in [0.25, 0.3) is 11.6 Å². The third-order valence-corrected chi connectivity index (χ3v) is 3.44. The van der Waals surface area contributed by atoms with Crippen LogP contribution in [0.25, 0.3) is 0 Å². The third kappa shape index (κ3) is 2.28. The van der Waals surface area contributed by atoms with Crippen molar-refractivity contribution in [3.8, 4) is 0 Å². The second-order valence-electron chi connectivity index (χ2n) is 4.50. The van der Waals surface area contributed by atoms with E-state index in [0.29, 0.717) is 13.0 Å². The Balaban J connectivity index is 2.16. The van der Waals surface area contributed by atoms with Crippen molar-refractivity contribution in [3.05, 3.63) is 28.1 Å². The quantitative estimate of drug-likeness (QED) is 0.622. The monoisotopic (exact) mass is 267 g/mol. The van der Waals surface area contributed by atoms with E-state index >= 15 is 0 Å². The Morgan fingerprint density at radius 2 is 2.26 bits per heavy atom. The predicted molar refractivity (Wildman–Crippen MR) is 63.7 cm³/mol. The van der Waals surface area contributed by atoms with Gasteiger partial charge in [-0.1, -0.05) is 0 Å². The highest BCUT2D eigenvalue weighted by Crippen LogP contribution is 2.26. The minimum atomic E-state index is -0.930. The molecule has 0 bridgehead atoms. The molecule has 102 valence electrons. The summed E-state index contributed by atoms with van der Waals surface area (Å²) in [7, 11) is 0. The van der Waals surface area contributed by atoms with E-state index < -0.39 is 28.8 Å². The number of amides is 1. The maximum Gasteiger partial charge on any atom is 0.308 e. The number of nitrogens with one attached hydrogen (secondary N) is 1. The largest absolute Gasteiger partial charge is 0.481 e. The smallest absolute Gasteiger partial charge is 0.308 e. The van der Waals surface area contributed by atoms with Crippen molar-refractivity contribution in [1.82, 2.24) is 9.88 Å². The predicted octanol–water partition coefficient (Wildman–Crippen LogP) is 0.858. The first-order valence-corrected chi connectivity index (χ1v) is 5.78. The summed E-state index contributed by atoms with van der Waals surface area (Å²) < 4.78 is 0. The Morgan fingerprint density at radius 1 is 1.58 bits per heavy atom. The average molecular weight is 267 g/mol. The van der Waals surface area contributed by atoms with Gasteiger partial charge in [0.05, 0.1) is 17.0 Å². The molecule has 1 aliphatic heterocycles. The van der Waals surface area contributed by atoms with Gasteiger partial charge in [-0.15, -0.1) is 0 Å². The van der Waals surface area contributed by atoms with Crippen molar-refractivity contribution in [2.45, 2.75) is 19.4 Å². The lowest BCUT2D eigenvalue weighted by molar-refractivity contribution is -0.384. The van der Waals surface area contributed by atoms with Gasteiger partial charge in [0.1, 0.15) is 5.69 Å². The van der Waals surface area contributed by atoms with Gasteiger partial charge in [-0.25, -0.2) is 0 Å². The fraction of sp³-hybridized carbons (Fsp3) is 0.455. The molecule has 2 rings (SSSR count). The summed E-state index contributed by atoms with van der Waals surface area (Å²) in [5.74, 6) is -1.93. The third-order valence-electron chi connectivity index (χ3n) is 3.44. The first kappa shape index (κ1) is 13.1. The summed E-state index contributed by atoms with van der Waals surface area (Å²) in [5.41, 5.74) is -0.0884. The summed E-state index contributed by atoms with van der Waals surface area (Å²) in [4.78, 5) is 37.0. The molecule has 1 aliphatic rings. The van der Waals surface area contributed by atoms with Gasteiger partial charge in [0.15, 0.2) is 0 Å². The lowest BCUT2D eigenvalue weighted by atomic mass is 10.0. The van der Waals surface area contributed by atoms with E-state index in [1.807, 2.05) is 0 Å². The van der Waals surface area contributed by atoms with Crippen LogP contribution in [-0.4, -0.2) is 44.4 Å². The molecule has 0 aromatic carbocycles. The van der Waals surface area contributed by atoms with Gasteiger partial charge in [-0.3, -0.25) is 19.7 Å². The van der Waals surface area contributed by atoms with Crippen molar-refractivity contribution in [1.29, 1.82) is 0 Å². The molecule has 1 amide bonds. The normalized spacial score (nSPS) is 22.5. The van der Waals surface area contributed by atoms with E-state index in [1.54, 1.807) is 6.92 Å². The van der Waals surface area contributed by atoms with Crippen molar-refractivity contribution < 1.29 is 19.6 Å². The van der Waals surface area contributed by atoms with Crippen LogP contribution in [0.4, 0.5) is 5.69 Å². The Labute approximate surface area is 108 Å². The molecular weight excluding hydrogens is 254 g/mol. The standard InChI is InChI=1S/C11H13N3O5/c1-6-8(11(16)17)2-3-13(6)10(15)9-4-7(5-12-9)14(18)19/h4-6,8,12H,2-3H2,1H3,(H,16,17). The van der Waals surface area contributed by atoms with Crippen LogP contribution >= 0.6 is 0 Å². The van der Waals surface area contributed by atoms with Gasteiger partial charge in [0, 0.05) is 18.7 Å². The summed E-state index contributed by atoms with van der Waals surface area (Å²) in [6.45, 7) is 2.00. The molecular formula is C11H13N3O5. The maximum atomic E-state index is 12.1. The van der Waals surface area contributed by atoms with Crippen LogP contribution in [0, 0.1) is 16.0 Å². The molecule has 19 heavy (non-hydrogen) atoms. The number of H-pyrrole nitrogens is 1. The molecule has 8 nitrogen and oxygen atoms in total. The van der Waals surface area contributed by atoms with Crippen LogP contribution in [0.1, 0.15) is 23.8 Å². The molecule has 0 aliphatic carbocycles. The number of aliphatic carboxylic acids is 1. The van der Waals surface area contributed by atoms with Crippen LogP contribution in [0.2, 0.25) is 0 Å². The highest BCUT2D eigenvalue weighted by molar-refractivity contribution is 5.94. The van der Waals surface area contributed by atoms with E-state index in [-0.39, 0.29) is 11.4 Å². The zero-order chi connectivity index (χ0) is 14.2. The van der Waals surface area contributed by atoms with Gasteiger partial charge >= 0.3 is 5.97 Å². The van der Waals surface area contributed by atoms with Crippen molar-refractivity contribution in [2.24, 2.45) is 5.92 Å². The number of aromatic amines is 1. The molecule has 2 atom stereocenters. The first-order valence-electron chi connectivity index (χ1n) is 5.78. The number of carbonyl (C=O) groups excluding carboxylic acids is 1.